The van der Waals surface area contributed by atoms with Gasteiger partial charge in [0, 0.05) is 18.8 Å². The fourth-order valence-corrected chi connectivity index (χ4v) is 6.88. The Kier molecular flexibility index (Phi) is 6.97. The summed E-state index contributed by atoms with van der Waals surface area (Å²) in [6.07, 6.45) is 7.46. The molecule has 1 aliphatic carbocycles. The Hall–Kier alpha value is -2.17. The van der Waals surface area contributed by atoms with E-state index < -0.39 is 34.0 Å². The number of amides is 4. The van der Waals surface area contributed by atoms with E-state index in [-0.39, 0.29) is 21.5 Å². The molecule has 3 aliphatic rings. The molecule has 1 aromatic carbocycles. The lowest BCUT2D eigenvalue weighted by molar-refractivity contribution is -0.134. The van der Waals surface area contributed by atoms with Crippen molar-refractivity contribution >= 4 is 45.2 Å². The van der Waals surface area contributed by atoms with Crippen LogP contribution in [0.5, 0.6) is 0 Å². The molecular formula is C22H29ClN4O5S. The van der Waals surface area contributed by atoms with Crippen molar-refractivity contribution < 1.29 is 22.8 Å². The van der Waals surface area contributed by atoms with Gasteiger partial charge in [-0.1, -0.05) is 43.7 Å². The third-order valence-corrected chi connectivity index (χ3v) is 9.03. The summed E-state index contributed by atoms with van der Waals surface area (Å²) < 4.78 is 27.5. The number of hydrogen-bond donors (Lipinski definition) is 2. The van der Waals surface area contributed by atoms with E-state index in [0.717, 1.165) is 49.8 Å². The predicted molar refractivity (Wildman–Crippen MR) is 123 cm³/mol. The van der Waals surface area contributed by atoms with Crippen molar-refractivity contribution in [2.75, 3.05) is 25.0 Å². The number of nitrogens with one attached hydrogen (secondary N) is 2. The normalized spacial score (nSPS) is 21.7. The molecule has 3 fully saturated rings. The quantitative estimate of drug-likeness (QED) is 0.607. The van der Waals surface area contributed by atoms with Gasteiger partial charge in [0.2, 0.25) is 15.9 Å². The zero-order valence-corrected chi connectivity index (χ0v) is 20.0. The third kappa shape index (κ3) is 4.88. The first kappa shape index (κ1) is 24.0. The number of nitrogens with zero attached hydrogens (tertiary/aromatic N) is 2. The Labute approximate surface area is 198 Å². The summed E-state index contributed by atoms with van der Waals surface area (Å²) in [5.41, 5.74) is -0.680. The molecular weight excluding hydrogens is 468 g/mol. The summed E-state index contributed by atoms with van der Waals surface area (Å²) in [6.45, 7) is 0.426. The van der Waals surface area contributed by atoms with Crippen LogP contribution >= 0.6 is 11.6 Å². The minimum Gasteiger partial charge on any atom is -0.324 e. The van der Waals surface area contributed by atoms with Crippen LogP contribution in [0.25, 0.3) is 0 Å². The Morgan fingerprint density at radius 2 is 1.67 bits per heavy atom. The summed E-state index contributed by atoms with van der Waals surface area (Å²) in [5.74, 6) is -0.957. The standard InChI is InChI=1S/C22H29ClN4O5S/c23-17-9-8-16(14-18(17)33(31,32)26-12-6-3-7-13-26)24-19(28)15-27-20(29)22(25-21(27)30)10-4-1-2-5-11-22/h8-9,14H,1-7,10-13,15H2,(H,24,28)(H,25,30). The van der Waals surface area contributed by atoms with E-state index in [2.05, 4.69) is 10.6 Å². The molecule has 2 saturated heterocycles. The highest BCUT2D eigenvalue weighted by atomic mass is 35.5. The number of imide groups is 1. The first-order valence-electron chi connectivity index (χ1n) is 11.5. The summed E-state index contributed by atoms with van der Waals surface area (Å²) in [5, 5.41) is 5.48. The van der Waals surface area contributed by atoms with Crippen molar-refractivity contribution in [1.82, 2.24) is 14.5 Å². The van der Waals surface area contributed by atoms with Gasteiger partial charge in [-0.15, -0.1) is 0 Å². The molecule has 2 heterocycles. The summed E-state index contributed by atoms with van der Waals surface area (Å²) in [6, 6.07) is 3.67. The molecule has 0 unspecified atom stereocenters. The molecule has 0 radical (unpaired) electrons. The number of hydrogen-bond acceptors (Lipinski definition) is 5. The maximum Gasteiger partial charge on any atom is 0.325 e. The van der Waals surface area contributed by atoms with E-state index in [1.165, 1.54) is 22.5 Å². The van der Waals surface area contributed by atoms with E-state index in [0.29, 0.717) is 25.9 Å². The second-order valence-corrected chi connectivity index (χ2v) is 11.3. The maximum atomic E-state index is 13.0. The van der Waals surface area contributed by atoms with E-state index in [9.17, 15) is 22.8 Å². The monoisotopic (exact) mass is 496 g/mol. The van der Waals surface area contributed by atoms with Crippen molar-refractivity contribution in [2.24, 2.45) is 0 Å². The molecule has 1 spiro atoms. The molecule has 1 aromatic rings. The average molecular weight is 497 g/mol. The summed E-state index contributed by atoms with van der Waals surface area (Å²) >= 11 is 6.18. The number of benzene rings is 1. The van der Waals surface area contributed by atoms with Crippen molar-refractivity contribution in [3.63, 3.8) is 0 Å². The van der Waals surface area contributed by atoms with Crippen LogP contribution in [0.3, 0.4) is 0 Å². The highest BCUT2D eigenvalue weighted by Crippen LogP contribution is 2.33. The van der Waals surface area contributed by atoms with Gasteiger partial charge in [-0.25, -0.2) is 13.2 Å². The van der Waals surface area contributed by atoms with Crippen LogP contribution in [0.4, 0.5) is 10.5 Å². The molecule has 0 atom stereocenters. The molecule has 0 bridgehead atoms. The largest absolute Gasteiger partial charge is 0.325 e. The SMILES string of the molecule is O=C(CN1C(=O)NC2(CCCCCC2)C1=O)Nc1ccc(Cl)c(S(=O)(=O)N2CCCCC2)c1. The lowest BCUT2D eigenvalue weighted by Gasteiger charge is -2.26. The fourth-order valence-electron chi connectivity index (χ4n) is 4.86. The maximum absolute atomic E-state index is 13.0. The van der Waals surface area contributed by atoms with Crippen molar-refractivity contribution in [2.45, 2.75) is 68.2 Å². The average Bonchev–Trinajstić information content (AvgIpc) is 2.94. The summed E-state index contributed by atoms with van der Waals surface area (Å²) in [4.78, 5) is 39.0. The topological polar surface area (TPSA) is 116 Å². The number of rotatable bonds is 5. The van der Waals surface area contributed by atoms with Crippen LogP contribution in [-0.2, 0) is 19.6 Å². The number of sulfonamides is 1. The van der Waals surface area contributed by atoms with E-state index in [1.54, 1.807) is 0 Å². The highest BCUT2D eigenvalue weighted by molar-refractivity contribution is 7.89. The molecule has 4 rings (SSSR count). The van der Waals surface area contributed by atoms with Crippen LogP contribution in [-0.4, -0.2) is 60.6 Å². The van der Waals surface area contributed by atoms with Crippen LogP contribution in [0.1, 0.15) is 57.8 Å². The van der Waals surface area contributed by atoms with Crippen molar-refractivity contribution in [1.29, 1.82) is 0 Å². The second kappa shape index (κ2) is 9.60. The molecule has 9 nitrogen and oxygen atoms in total. The number of urea groups is 1. The van der Waals surface area contributed by atoms with Crippen molar-refractivity contribution in [3.8, 4) is 0 Å². The minimum absolute atomic E-state index is 0.0722. The Morgan fingerprint density at radius 3 is 2.33 bits per heavy atom. The van der Waals surface area contributed by atoms with Gasteiger partial charge in [-0.3, -0.25) is 14.5 Å². The lowest BCUT2D eigenvalue weighted by Crippen LogP contribution is -2.47. The first-order chi connectivity index (χ1) is 15.7. The van der Waals surface area contributed by atoms with Gasteiger partial charge in [0.05, 0.1) is 5.02 Å². The van der Waals surface area contributed by atoms with Crippen molar-refractivity contribution in [3.05, 3.63) is 23.2 Å². The lowest BCUT2D eigenvalue weighted by atomic mass is 9.90. The van der Waals surface area contributed by atoms with E-state index >= 15 is 0 Å². The van der Waals surface area contributed by atoms with Gasteiger partial charge in [-0.2, -0.15) is 4.31 Å². The summed E-state index contributed by atoms with van der Waals surface area (Å²) in [7, 11) is -3.79. The molecule has 2 N–H and O–H groups in total. The molecule has 2 aliphatic heterocycles. The van der Waals surface area contributed by atoms with Gasteiger partial charge in [-0.05, 0) is 43.9 Å². The Balaban J connectivity index is 1.46. The molecule has 33 heavy (non-hydrogen) atoms. The number of anilines is 1. The predicted octanol–water partition coefficient (Wildman–Crippen LogP) is 3.10. The van der Waals surface area contributed by atoms with Gasteiger partial charge >= 0.3 is 6.03 Å². The molecule has 0 aromatic heterocycles. The second-order valence-electron chi connectivity index (χ2n) is 8.98. The van der Waals surface area contributed by atoms with Crippen LogP contribution in [0.15, 0.2) is 23.1 Å². The zero-order valence-electron chi connectivity index (χ0n) is 18.4. The molecule has 180 valence electrons. The molecule has 4 amide bonds. The van der Waals surface area contributed by atoms with Crippen LogP contribution in [0, 0.1) is 0 Å². The smallest absolute Gasteiger partial charge is 0.324 e. The van der Waals surface area contributed by atoms with Crippen LogP contribution < -0.4 is 10.6 Å². The van der Waals surface area contributed by atoms with E-state index in [1.807, 2.05) is 0 Å². The molecule has 11 heteroatoms. The number of piperidine rings is 1. The first-order valence-corrected chi connectivity index (χ1v) is 13.3. The van der Waals surface area contributed by atoms with Gasteiger partial charge in [0.1, 0.15) is 17.0 Å². The third-order valence-electron chi connectivity index (χ3n) is 6.65. The molecule has 1 saturated carbocycles. The Bertz CT molecular complexity index is 1050. The number of carbonyl (C=O) groups excluding carboxylic acids is 3. The Morgan fingerprint density at radius 1 is 1.03 bits per heavy atom. The fraction of sp³-hybridized carbons (Fsp3) is 0.591. The number of carbonyl (C=O) groups is 3. The number of halogens is 1. The minimum atomic E-state index is -3.79. The van der Waals surface area contributed by atoms with Gasteiger partial charge in [0.15, 0.2) is 0 Å². The highest BCUT2D eigenvalue weighted by Gasteiger charge is 2.51. The van der Waals surface area contributed by atoms with E-state index in [4.69, 9.17) is 11.6 Å². The zero-order chi connectivity index (χ0) is 23.6. The van der Waals surface area contributed by atoms with Crippen LogP contribution in [0.2, 0.25) is 5.02 Å². The van der Waals surface area contributed by atoms with Gasteiger partial charge in [0.25, 0.3) is 5.91 Å². The van der Waals surface area contributed by atoms with Gasteiger partial charge < -0.3 is 10.6 Å².